The lowest BCUT2D eigenvalue weighted by atomic mass is 9.75. The fourth-order valence-electron chi connectivity index (χ4n) is 3.92. The Hall–Kier alpha value is -2.09. The number of nitrogens with one attached hydrogen (secondary N) is 1. The molecule has 1 aliphatic heterocycles. The molecular weight excluding hydrogens is 330 g/mol. The van der Waals surface area contributed by atoms with Crippen molar-refractivity contribution in [1.82, 2.24) is 0 Å². The van der Waals surface area contributed by atoms with Crippen LogP contribution >= 0.6 is 0 Å². The summed E-state index contributed by atoms with van der Waals surface area (Å²) in [5.41, 5.74) is 5.05. The lowest BCUT2D eigenvalue weighted by molar-refractivity contribution is -0.125. The van der Waals surface area contributed by atoms with E-state index in [0.29, 0.717) is 12.2 Å². The third-order valence-corrected chi connectivity index (χ3v) is 5.40. The van der Waals surface area contributed by atoms with Crippen molar-refractivity contribution < 1.29 is 4.79 Å². The first-order valence-electron chi connectivity index (χ1n) is 10.0. The van der Waals surface area contributed by atoms with Crippen molar-refractivity contribution in [3.63, 3.8) is 0 Å². The van der Waals surface area contributed by atoms with Gasteiger partial charge in [-0.3, -0.25) is 4.79 Å². The van der Waals surface area contributed by atoms with Crippen LogP contribution in [0.5, 0.6) is 0 Å². The van der Waals surface area contributed by atoms with Crippen LogP contribution in [0.15, 0.2) is 48.5 Å². The number of fused-ring (bicyclic) bond motifs is 1. The molecule has 2 atom stereocenters. The highest BCUT2D eigenvalue weighted by Gasteiger charge is 2.36. The third kappa shape index (κ3) is 4.61. The van der Waals surface area contributed by atoms with Gasteiger partial charge in [0.1, 0.15) is 5.78 Å². The highest BCUT2D eigenvalue weighted by molar-refractivity contribution is 5.84. The molecular formula is C25H33NO. The van der Waals surface area contributed by atoms with Gasteiger partial charge in [0.05, 0.1) is 6.04 Å². The Bertz CT molecular complexity index is 808. The Morgan fingerprint density at radius 3 is 2.26 bits per heavy atom. The fourth-order valence-corrected chi connectivity index (χ4v) is 3.92. The summed E-state index contributed by atoms with van der Waals surface area (Å²) in [6, 6.07) is 17.1. The van der Waals surface area contributed by atoms with Crippen LogP contribution in [0.4, 0.5) is 5.69 Å². The minimum Gasteiger partial charge on any atom is -0.377 e. The van der Waals surface area contributed by atoms with Crippen molar-refractivity contribution in [2.75, 3.05) is 5.32 Å². The van der Waals surface area contributed by atoms with Crippen LogP contribution in [0.2, 0.25) is 0 Å². The highest BCUT2D eigenvalue weighted by Crippen LogP contribution is 2.40. The molecule has 0 aliphatic carbocycles. The number of carbonyl (C=O) groups excluding carboxylic acids is 1. The zero-order chi connectivity index (χ0) is 19.8. The topological polar surface area (TPSA) is 29.1 Å². The molecule has 0 fully saturated rings. The molecule has 1 N–H and O–H groups in total. The van der Waals surface area contributed by atoms with Gasteiger partial charge in [-0.1, -0.05) is 84.0 Å². The van der Waals surface area contributed by atoms with Gasteiger partial charge >= 0.3 is 0 Å². The van der Waals surface area contributed by atoms with Crippen molar-refractivity contribution in [3.8, 4) is 0 Å². The van der Waals surface area contributed by atoms with Crippen molar-refractivity contribution >= 4 is 11.5 Å². The van der Waals surface area contributed by atoms with Crippen LogP contribution < -0.4 is 5.32 Å². The lowest BCUT2D eigenvalue weighted by Crippen LogP contribution is -2.35. The summed E-state index contributed by atoms with van der Waals surface area (Å²) < 4.78 is 0. The van der Waals surface area contributed by atoms with Gasteiger partial charge in [-0.05, 0) is 40.0 Å². The van der Waals surface area contributed by atoms with Crippen molar-refractivity contribution in [2.45, 2.75) is 65.8 Å². The van der Waals surface area contributed by atoms with E-state index in [-0.39, 0.29) is 22.8 Å². The quantitative estimate of drug-likeness (QED) is 0.692. The van der Waals surface area contributed by atoms with E-state index >= 15 is 0 Å². The summed E-state index contributed by atoms with van der Waals surface area (Å²) in [5, 5.41) is 3.69. The van der Waals surface area contributed by atoms with Gasteiger partial charge in [0.2, 0.25) is 0 Å². The number of carbonyl (C=O) groups is 1. The van der Waals surface area contributed by atoms with Crippen LogP contribution in [0.3, 0.4) is 0 Å². The molecule has 0 aromatic heterocycles. The molecule has 0 amide bonds. The Morgan fingerprint density at radius 2 is 1.67 bits per heavy atom. The molecule has 2 heteroatoms. The van der Waals surface area contributed by atoms with E-state index in [0.717, 1.165) is 12.1 Å². The molecule has 0 radical (unpaired) electrons. The number of benzene rings is 2. The average molecular weight is 364 g/mol. The molecule has 3 rings (SSSR count). The van der Waals surface area contributed by atoms with Crippen molar-refractivity contribution in [3.05, 3.63) is 65.2 Å². The van der Waals surface area contributed by atoms with Gasteiger partial charge in [0.25, 0.3) is 0 Å². The zero-order valence-electron chi connectivity index (χ0n) is 17.6. The number of ketones is 1. The Morgan fingerprint density at radius 1 is 1.00 bits per heavy atom. The Labute approximate surface area is 164 Å². The standard InChI is InChI=1S/C25H33NO/c1-24(2,3)16-22(27)20-15-18-14-19(25(4,5)6)12-13-21(18)26-23(20)17-10-8-7-9-11-17/h7-14,20,23,26H,15-16H2,1-6H3/t20-,23+/m0/s1. The van der Waals surface area contributed by atoms with E-state index < -0.39 is 0 Å². The van der Waals surface area contributed by atoms with E-state index in [9.17, 15) is 4.79 Å². The maximum atomic E-state index is 13.2. The van der Waals surface area contributed by atoms with Gasteiger partial charge in [0, 0.05) is 18.0 Å². The van der Waals surface area contributed by atoms with Gasteiger partial charge < -0.3 is 5.32 Å². The SMILES string of the molecule is CC(C)(C)CC(=O)[C@@H]1Cc2cc(C(C)(C)C)ccc2N[C@@H]1c1ccccc1. The predicted molar refractivity (Wildman–Crippen MR) is 114 cm³/mol. The first-order chi connectivity index (χ1) is 12.5. The van der Waals surface area contributed by atoms with E-state index in [1.807, 2.05) is 6.07 Å². The van der Waals surface area contributed by atoms with Gasteiger partial charge in [-0.15, -0.1) is 0 Å². The molecule has 2 nitrogen and oxygen atoms in total. The molecule has 1 aliphatic rings. The highest BCUT2D eigenvalue weighted by atomic mass is 16.1. The second-order valence-corrected chi connectivity index (χ2v) is 10.2. The van der Waals surface area contributed by atoms with Crippen LogP contribution in [0.1, 0.15) is 70.7 Å². The Kier molecular flexibility index (Phi) is 5.20. The molecule has 0 unspecified atom stereocenters. The summed E-state index contributed by atoms with van der Waals surface area (Å²) in [6.07, 6.45) is 1.41. The molecule has 27 heavy (non-hydrogen) atoms. The Balaban J connectivity index is 1.99. The third-order valence-electron chi connectivity index (χ3n) is 5.40. The van der Waals surface area contributed by atoms with Crippen molar-refractivity contribution in [1.29, 1.82) is 0 Å². The van der Waals surface area contributed by atoms with Gasteiger partial charge in [-0.2, -0.15) is 0 Å². The molecule has 2 aromatic rings. The summed E-state index contributed by atoms with van der Waals surface area (Å²) in [6.45, 7) is 13.1. The number of hydrogen-bond donors (Lipinski definition) is 1. The molecule has 0 saturated heterocycles. The second-order valence-electron chi connectivity index (χ2n) is 10.2. The first-order valence-corrected chi connectivity index (χ1v) is 10.0. The van der Waals surface area contributed by atoms with Crippen molar-refractivity contribution in [2.24, 2.45) is 11.3 Å². The molecule has 0 spiro atoms. The molecule has 144 valence electrons. The number of Topliss-reactive ketones (excluding diaryl/α,β-unsaturated/α-hetero) is 1. The lowest BCUT2D eigenvalue weighted by Gasteiger charge is -2.36. The average Bonchev–Trinajstić information content (AvgIpc) is 2.58. The maximum absolute atomic E-state index is 13.2. The van der Waals surface area contributed by atoms with Gasteiger partial charge in [-0.25, -0.2) is 0 Å². The molecule has 0 bridgehead atoms. The van der Waals surface area contributed by atoms with E-state index in [1.54, 1.807) is 0 Å². The monoisotopic (exact) mass is 363 g/mol. The van der Waals surface area contributed by atoms with Gasteiger partial charge in [0.15, 0.2) is 0 Å². The number of hydrogen-bond acceptors (Lipinski definition) is 2. The normalized spacial score (nSPS) is 19.9. The fraction of sp³-hybridized carbons (Fsp3) is 0.480. The summed E-state index contributed by atoms with van der Waals surface area (Å²) >= 11 is 0. The summed E-state index contributed by atoms with van der Waals surface area (Å²) in [4.78, 5) is 13.2. The summed E-state index contributed by atoms with van der Waals surface area (Å²) in [7, 11) is 0. The van der Waals surface area contributed by atoms with E-state index in [2.05, 4.69) is 89.3 Å². The molecule has 0 saturated carbocycles. The second kappa shape index (κ2) is 7.14. The number of anilines is 1. The maximum Gasteiger partial charge on any atom is 0.139 e. The van der Waals surface area contributed by atoms with Crippen LogP contribution in [-0.4, -0.2) is 5.78 Å². The largest absolute Gasteiger partial charge is 0.377 e. The smallest absolute Gasteiger partial charge is 0.139 e. The van der Waals surface area contributed by atoms with Crippen LogP contribution in [-0.2, 0) is 16.6 Å². The first kappa shape index (κ1) is 19.7. The minimum absolute atomic E-state index is 0.00581. The molecule has 1 heterocycles. The summed E-state index contributed by atoms with van der Waals surface area (Å²) in [5.74, 6) is 0.324. The number of rotatable bonds is 3. The predicted octanol–water partition coefficient (Wildman–Crippen LogP) is 6.31. The molecule has 2 aromatic carbocycles. The van der Waals surface area contributed by atoms with E-state index in [4.69, 9.17) is 0 Å². The van der Waals surface area contributed by atoms with E-state index in [1.165, 1.54) is 16.7 Å². The minimum atomic E-state index is -0.0330. The zero-order valence-corrected chi connectivity index (χ0v) is 17.6. The van der Waals surface area contributed by atoms with Crippen LogP contribution in [0.25, 0.3) is 0 Å². The van der Waals surface area contributed by atoms with Crippen LogP contribution in [0, 0.1) is 11.3 Å².